The molecule has 1 atom stereocenters. The summed E-state index contributed by atoms with van der Waals surface area (Å²) >= 11 is 0. The highest BCUT2D eigenvalue weighted by Crippen LogP contribution is 2.22. The first-order valence-electron chi connectivity index (χ1n) is 6.74. The van der Waals surface area contributed by atoms with Crippen LogP contribution in [-0.4, -0.2) is 48.3 Å². The van der Waals surface area contributed by atoms with E-state index in [1.165, 1.54) is 7.11 Å². The quantitative estimate of drug-likeness (QED) is 0.588. The summed E-state index contributed by atoms with van der Waals surface area (Å²) in [6.07, 6.45) is 0.0359. The number of ether oxygens (including phenoxy) is 1. The van der Waals surface area contributed by atoms with Crippen molar-refractivity contribution in [1.82, 2.24) is 5.32 Å². The number of carboxylic acids is 1. The van der Waals surface area contributed by atoms with E-state index in [1.54, 1.807) is 12.1 Å². The molecule has 0 aliphatic heterocycles. The molecule has 6 heteroatoms. The molecule has 0 aliphatic carbocycles. The largest absolute Gasteiger partial charge is 0.496 e. The van der Waals surface area contributed by atoms with Gasteiger partial charge in [-0.15, -0.1) is 0 Å². The van der Waals surface area contributed by atoms with E-state index >= 15 is 0 Å². The summed E-state index contributed by atoms with van der Waals surface area (Å²) in [6, 6.07) is 4.60. The number of aliphatic hydroxyl groups is 1. The lowest BCUT2D eigenvalue weighted by Crippen LogP contribution is -2.39. The van der Waals surface area contributed by atoms with Crippen LogP contribution < -0.4 is 10.1 Å². The van der Waals surface area contributed by atoms with Crippen LogP contribution >= 0.6 is 0 Å². The van der Waals surface area contributed by atoms with E-state index in [2.05, 4.69) is 5.32 Å². The van der Waals surface area contributed by atoms with Crippen molar-refractivity contribution < 1.29 is 24.5 Å². The molecular formula is C15H21NO5. The third kappa shape index (κ3) is 5.17. The maximum absolute atomic E-state index is 12.6. The Morgan fingerprint density at radius 2 is 2.10 bits per heavy atom. The summed E-state index contributed by atoms with van der Waals surface area (Å²) in [7, 11) is 1.48. The molecule has 116 valence electrons. The predicted octanol–water partition coefficient (Wildman–Crippen LogP) is 1.00. The van der Waals surface area contributed by atoms with Gasteiger partial charge < -0.3 is 20.3 Å². The molecule has 0 amide bonds. The molecule has 0 spiro atoms. The minimum Gasteiger partial charge on any atom is -0.496 e. The van der Waals surface area contributed by atoms with Crippen molar-refractivity contribution in [3.05, 3.63) is 29.3 Å². The number of aliphatic hydroxyl groups excluding tert-OH is 1. The molecule has 1 unspecified atom stereocenters. The van der Waals surface area contributed by atoms with Crippen molar-refractivity contribution in [2.24, 2.45) is 0 Å². The molecular weight excluding hydrogens is 274 g/mol. The molecule has 0 saturated carbocycles. The number of aliphatic carboxylic acids is 1. The van der Waals surface area contributed by atoms with Crippen LogP contribution in [0.5, 0.6) is 5.75 Å². The highest BCUT2D eigenvalue weighted by Gasteiger charge is 2.23. The Balaban J connectivity index is 2.97. The van der Waals surface area contributed by atoms with Gasteiger partial charge in [0.15, 0.2) is 5.78 Å². The summed E-state index contributed by atoms with van der Waals surface area (Å²) in [5.74, 6) is -0.739. The Morgan fingerprint density at radius 1 is 1.38 bits per heavy atom. The molecule has 3 N–H and O–H groups in total. The number of nitrogens with one attached hydrogen (secondary N) is 1. The van der Waals surface area contributed by atoms with Crippen molar-refractivity contribution in [2.45, 2.75) is 25.8 Å². The van der Waals surface area contributed by atoms with Gasteiger partial charge in [-0.1, -0.05) is 11.6 Å². The molecule has 0 fully saturated rings. The smallest absolute Gasteiger partial charge is 0.303 e. The van der Waals surface area contributed by atoms with Crippen LogP contribution in [0.2, 0.25) is 0 Å². The lowest BCUT2D eigenvalue weighted by molar-refractivity contribution is -0.137. The maximum Gasteiger partial charge on any atom is 0.303 e. The Kier molecular flexibility index (Phi) is 6.84. The first-order valence-corrected chi connectivity index (χ1v) is 6.74. The van der Waals surface area contributed by atoms with Crippen LogP contribution in [0.15, 0.2) is 18.2 Å². The summed E-state index contributed by atoms with van der Waals surface area (Å²) in [4.78, 5) is 23.3. The van der Waals surface area contributed by atoms with E-state index in [1.807, 2.05) is 13.0 Å². The fraction of sp³-hybridized carbons (Fsp3) is 0.467. The molecule has 21 heavy (non-hydrogen) atoms. The lowest BCUT2D eigenvalue weighted by Gasteiger charge is -2.18. The minimum atomic E-state index is -0.963. The topological polar surface area (TPSA) is 95.9 Å². The number of hydrogen-bond acceptors (Lipinski definition) is 5. The van der Waals surface area contributed by atoms with Crippen LogP contribution in [0.3, 0.4) is 0 Å². The van der Waals surface area contributed by atoms with Gasteiger partial charge in [0.25, 0.3) is 0 Å². The molecule has 1 rings (SSSR count). The number of carbonyl (C=O) groups is 2. The zero-order chi connectivity index (χ0) is 15.8. The van der Waals surface area contributed by atoms with Gasteiger partial charge in [0, 0.05) is 13.0 Å². The summed E-state index contributed by atoms with van der Waals surface area (Å²) < 4.78 is 5.19. The number of carbonyl (C=O) groups excluding carboxylic acids is 1. The molecule has 1 aromatic carbocycles. The van der Waals surface area contributed by atoms with Gasteiger partial charge in [-0.25, -0.2) is 0 Å². The molecule has 1 aromatic rings. The maximum atomic E-state index is 12.6. The zero-order valence-electron chi connectivity index (χ0n) is 12.3. The molecule has 0 saturated heterocycles. The predicted molar refractivity (Wildman–Crippen MR) is 77.8 cm³/mol. The number of rotatable bonds is 9. The molecule has 0 radical (unpaired) electrons. The molecule has 6 nitrogen and oxygen atoms in total. The van der Waals surface area contributed by atoms with Crippen molar-refractivity contribution in [2.75, 3.05) is 20.3 Å². The Labute approximate surface area is 123 Å². The van der Waals surface area contributed by atoms with E-state index in [9.17, 15) is 9.59 Å². The lowest BCUT2D eigenvalue weighted by atomic mass is 9.98. The van der Waals surface area contributed by atoms with Gasteiger partial charge in [0.1, 0.15) is 5.75 Å². The fourth-order valence-electron chi connectivity index (χ4n) is 2.03. The van der Waals surface area contributed by atoms with Crippen LogP contribution in [-0.2, 0) is 4.79 Å². The molecule has 0 bridgehead atoms. The second-order valence-corrected chi connectivity index (χ2v) is 4.73. The Morgan fingerprint density at radius 3 is 2.67 bits per heavy atom. The average molecular weight is 295 g/mol. The van der Waals surface area contributed by atoms with Gasteiger partial charge in [-0.05, 0) is 25.5 Å². The summed E-state index contributed by atoms with van der Waals surface area (Å²) in [5.41, 5.74) is 1.33. The number of Topliss-reactive ketones (excluding diaryl/α,β-unsaturated/α-hetero) is 1. The average Bonchev–Trinajstić information content (AvgIpc) is 2.46. The first-order chi connectivity index (χ1) is 9.99. The van der Waals surface area contributed by atoms with Gasteiger partial charge in [-0.3, -0.25) is 9.59 Å². The third-order valence-corrected chi connectivity index (χ3v) is 3.09. The van der Waals surface area contributed by atoms with Crippen molar-refractivity contribution in [3.8, 4) is 5.75 Å². The second kappa shape index (κ2) is 8.39. The first kappa shape index (κ1) is 17.1. The summed E-state index contributed by atoms with van der Waals surface area (Å²) in [6.45, 7) is 1.97. The van der Waals surface area contributed by atoms with Crippen molar-refractivity contribution in [3.63, 3.8) is 0 Å². The second-order valence-electron chi connectivity index (χ2n) is 4.73. The number of benzene rings is 1. The van der Waals surface area contributed by atoms with E-state index in [0.717, 1.165) is 5.56 Å². The Bertz CT molecular complexity index is 501. The van der Waals surface area contributed by atoms with Crippen LogP contribution in [0.1, 0.15) is 28.8 Å². The number of carboxylic acid groups (broad SMARTS) is 1. The Hall–Kier alpha value is -1.92. The highest BCUT2D eigenvalue weighted by molar-refractivity contribution is 6.02. The fourth-order valence-corrected chi connectivity index (χ4v) is 2.03. The van der Waals surface area contributed by atoms with Crippen LogP contribution in [0, 0.1) is 6.92 Å². The van der Waals surface area contributed by atoms with Gasteiger partial charge in [0.2, 0.25) is 0 Å². The third-order valence-electron chi connectivity index (χ3n) is 3.09. The van der Waals surface area contributed by atoms with Gasteiger partial charge in [0.05, 0.1) is 25.3 Å². The SMILES string of the molecule is COc1ccc(C)cc1C(=O)C(CCC(=O)O)NCCO. The monoisotopic (exact) mass is 295 g/mol. The highest BCUT2D eigenvalue weighted by atomic mass is 16.5. The number of methoxy groups -OCH3 is 1. The number of ketones is 1. The van der Waals surface area contributed by atoms with Crippen LogP contribution in [0.25, 0.3) is 0 Å². The van der Waals surface area contributed by atoms with Crippen LogP contribution in [0.4, 0.5) is 0 Å². The van der Waals surface area contributed by atoms with Gasteiger partial charge in [-0.2, -0.15) is 0 Å². The zero-order valence-corrected chi connectivity index (χ0v) is 12.3. The standard InChI is InChI=1S/C15H21NO5/c1-10-3-5-13(21-2)11(9-10)15(20)12(16-7-8-17)4-6-14(18)19/h3,5,9,12,16-17H,4,6-8H2,1-2H3,(H,18,19). The summed E-state index contributed by atoms with van der Waals surface area (Å²) in [5, 5.41) is 20.5. The number of aryl methyl sites for hydroxylation is 1. The van der Waals surface area contributed by atoms with E-state index in [-0.39, 0.29) is 31.8 Å². The molecule has 0 heterocycles. The molecule has 0 aliphatic rings. The van der Waals surface area contributed by atoms with E-state index < -0.39 is 12.0 Å². The number of hydrogen-bond donors (Lipinski definition) is 3. The van der Waals surface area contributed by atoms with Crippen molar-refractivity contribution in [1.29, 1.82) is 0 Å². The van der Waals surface area contributed by atoms with Crippen molar-refractivity contribution >= 4 is 11.8 Å². The normalized spacial score (nSPS) is 12.0. The van der Waals surface area contributed by atoms with Gasteiger partial charge >= 0.3 is 5.97 Å². The van der Waals surface area contributed by atoms with E-state index in [0.29, 0.717) is 11.3 Å². The minimum absolute atomic E-state index is 0.122. The van der Waals surface area contributed by atoms with E-state index in [4.69, 9.17) is 14.9 Å². The molecule has 0 aromatic heterocycles.